The maximum absolute atomic E-state index is 14.4. The fourth-order valence-electron chi connectivity index (χ4n) is 13.6. The van der Waals surface area contributed by atoms with E-state index >= 15 is 0 Å². The normalized spacial score (nSPS) is 20.0. The minimum absolute atomic E-state index is 0.183. The topological polar surface area (TPSA) is 128 Å². The molecular formula is C67H90N3O5PS2Si. The maximum atomic E-state index is 14.4. The fraction of sp³-hybridized carbons (Fsp3) is 0.537. The van der Waals surface area contributed by atoms with Crippen molar-refractivity contribution in [3.8, 4) is 26.3 Å². The molecule has 2 atom stereocenters. The highest BCUT2D eigenvalue weighted by Gasteiger charge is 2.51. The Morgan fingerprint density at radius 2 is 1.35 bits per heavy atom. The van der Waals surface area contributed by atoms with Crippen LogP contribution in [0.25, 0.3) is 26.3 Å². The number of likely N-dealkylation sites (N-methyl/N-ethyl adjacent to an activating group) is 1. The number of nitrogens with zero attached hydrogens (tertiary/aromatic N) is 3. The van der Waals surface area contributed by atoms with Gasteiger partial charge in [0.05, 0.1) is 5.41 Å². The first kappa shape index (κ1) is 60.7. The van der Waals surface area contributed by atoms with E-state index in [4.69, 9.17) is 0 Å². The van der Waals surface area contributed by atoms with Crippen LogP contribution in [0.5, 0.6) is 0 Å². The number of para-hydroxylation sites is 1. The van der Waals surface area contributed by atoms with Gasteiger partial charge in [-0.2, -0.15) is 9.84 Å². The van der Waals surface area contributed by atoms with Gasteiger partial charge in [-0.05, 0) is 115 Å². The van der Waals surface area contributed by atoms with Crippen LogP contribution in [0, 0.1) is 23.2 Å². The minimum Gasteiger partial charge on any atom is -0.871 e. The van der Waals surface area contributed by atoms with Crippen molar-refractivity contribution in [1.82, 2.24) is 0 Å². The van der Waals surface area contributed by atoms with Gasteiger partial charge in [-0.1, -0.05) is 175 Å². The maximum Gasteiger partial charge on any atom is 0.366 e. The van der Waals surface area contributed by atoms with E-state index in [0.717, 1.165) is 96.9 Å². The Kier molecular flexibility index (Phi) is 19.8. The molecule has 4 aromatic rings. The second-order valence-corrected chi connectivity index (χ2v) is 32.1. The van der Waals surface area contributed by atoms with Gasteiger partial charge in [0.15, 0.2) is 11.5 Å². The minimum atomic E-state index is -4.76. The molecule has 8 nitrogen and oxygen atoms in total. The lowest BCUT2D eigenvalue weighted by Crippen LogP contribution is -2.56. The molecule has 1 aliphatic carbocycles. The summed E-state index contributed by atoms with van der Waals surface area (Å²) in [4.78, 5) is 41.5. The van der Waals surface area contributed by atoms with Crippen LogP contribution in [0.2, 0.25) is 12.1 Å². The first-order valence-electron chi connectivity index (χ1n) is 30.4. The summed E-state index contributed by atoms with van der Waals surface area (Å²) < 4.78 is 14.9. The number of benzene rings is 2. The highest BCUT2D eigenvalue weighted by molar-refractivity contribution is 7.57. The van der Waals surface area contributed by atoms with Crippen molar-refractivity contribution in [1.29, 1.82) is 5.26 Å². The number of ketones is 1. The number of carbonyl (C=O) groups is 1. The lowest BCUT2D eigenvalue weighted by molar-refractivity contribution is -0.438. The summed E-state index contributed by atoms with van der Waals surface area (Å²) in [5, 5.41) is 26.8. The first-order valence-corrected chi connectivity index (χ1v) is 36.0. The van der Waals surface area contributed by atoms with E-state index in [1.165, 1.54) is 119 Å². The summed E-state index contributed by atoms with van der Waals surface area (Å²) in [5.74, 6) is 0.752. The molecule has 4 aliphatic rings. The van der Waals surface area contributed by atoms with Crippen molar-refractivity contribution in [2.24, 2.45) is 11.8 Å². The number of carbonyl (C=O) groups excluding carboxylic acids is 1. The number of anilines is 1. The number of nitriles is 1. The molecule has 2 N–H and O–H groups in total. The smallest absolute Gasteiger partial charge is 0.366 e. The van der Waals surface area contributed by atoms with Crippen LogP contribution in [0.4, 0.5) is 11.4 Å². The molecule has 0 saturated carbocycles. The van der Waals surface area contributed by atoms with E-state index in [2.05, 4.69) is 127 Å². The third-order valence-corrected chi connectivity index (χ3v) is 27.4. The van der Waals surface area contributed by atoms with Gasteiger partial charge in [0.25, 0.3) is 0 Å². The predicted octanol–water partition coefficient (Wildman–Crippen LogP) is 16.6. The van der Waals surface area contributed by atoms with E-state index in [9.17, 15) is 29.5 Å². The highest BCUT2D eigenvalue weighted by Crippen LogP contribution is 2.52. The second kappa shape index (κ2) is 25.8. The van der Waals surface area contributed by atoms with Gasteiger partial charge in [-0.15, -0.1) is 22.7 Å². The summed E-state index contributed by atoms with van der Waals surface area (Å²) in [5.41, 5.74) is 7.44. The van der Waals surface area contributed by atoms with Crippen LogP contribution in [0.1, 0.15) is 201 Å². The zero-order valence-electron chi connectivity index (χ0n) is 49.4. The van der Waals surface area contributed by atoms with Gasteiger partial charge in [0.2, 0.25) is 5.69 Å². The van der Waals surface area contributed by atoms with Gasteiger partial charge in [0, 0.05) is 78.1 Å². The largest absolute Gasteiger partial charge is 0.871 e. The molecule has 0 bridgehead atoms. The van der Waals surface area contributed by atoms with Crippen LogP contribution in [0.15, 0.2) is 94.7 Å². The molecule has 8 rings (SSSR count). The SMILES string of the molecule is CCCCCCCCCCCC[N+]1=C(/C=C2/C(=O)C(/C=C3\N(CC)c4ccccc4C3(C)C)=C2[O-])C(C)(C)c2cc(-c3cc4c(s3)-c3sc(/C=C(/C#N)P(=O)(O)O)cc3[Si]4(CC(CC)CCCC)CC(CC)CCCC)ccc21. The van der Waals surface area contributed by atoms with E-state index in [1.807, 2.05) is 35.6 Å². The molecule has 2 aromatic carbocycles. The number of allylic oxidation sites excluding steroid dienone is 6. The molecule has 12 heteroatoms. The zero-order valence-corrected chi connectivity index (χ0v) is 52.9. The molecule has 0 amide bonds. The number of rotatable bonds is 29. The van der Waals surface area contributed by atoms with Gasteiger partial charge < -0.3 is 19.8 Å². The van der Waals surface area contributed by atoms with Gasteiger partial charge >= 0.3 is 7.60 Å². The molecule has 0 fully saturated rings. The Balaban J connectivity index is 1.20. The van der Waals surface area contributed by atoms with Crippen LogP contribution in [-0.2, 0) is 20.2 Å². The molecule has 0 spiro atoms. The van der Waals surface area contributed by atoms with Gasteiger partial charge in [-0.3, -0.25) is 9.36 Å². The second-order valence-electron chi connectivity index (χ2n) is 24.4. The van der Waals surface area contributed by atoms with E-state index in [-0.39, 0.29) is 28.1 Å². The summed E-state index contributed by atoms with van der Waals surface area (Å²) >= 11 is 3.45. The summed E-state index contributed by atoms with van der Waals surface area (Å²) in [6, 6.07) is 24.2. The van der Waals surface area contributed by atoms with Gasteiger partial charge in [-0.25, -0.2) is 0 Å². The Hall–Kier alpha value is -4.40. The summed E-state index contributed by atoms with van der Waals surface area (Å²) in [6.45, 7) is 24.1. The monoisotopic (exact) mass is 1140 g/mol. The Bertz CT molecular complexity index is 3120. The van der Waals surface area contributed by atoms with Crippen molar-refractivity contribution in [3.05, 3.63) is 111 Å². The molecule has 3 aliphatic heterocycles. The molecule has 2 aromatic heterocycles. The third-order valence-electron chi connectivity index (χ3n) is 18.4. The number of unbranched alkanes of at least 4 members (excludes halogenated alkanes) is 11. The molecule has 0 saturated heterocycles. The summed E-state index contributed by atoms with van der Waals surface area (Å²) in [6.07, 6.45) is 27.0. The van der Waals surface area contributed by atoms with Crippen LogP contribution in [-0.4, -0.2) is 47.0 Å². The van der Waals surface area contributed by atoms with Crippen LogP contribution in [0.3, 0.4) is 0 Å². The average molecular weight is 1140 g/mol. The third kappa shape index (κ3) is 12.2. The van der Waals surface area contributed by atoms with Crippen molar-refractivity contribution in [3.63, 3.8) is 0 Å². The standard InChI is InChI=1S/C67H90N3O5PS2Si/c1-11-17-20-21-22-23-24-25-26-29-36-70-56-35-34-48(37-54(56)67(9,10)61(70)41-52-62(71)51(63(52)72)40-60-66(7,8)53-32-27-28-33-55(53)69(60)16-6)57-42-59-65(78-57)64-58(39-50(77-64)38-49(43-68)76(73,74)75)79(59,44-46(14-4)30-18-12-2)45-47(15-5)31-19-13-3/h27-28,32-35,37-42,46-47H,11-26,29-31,36,44-45H2,1-10H3,(H2-,71,72,73,74,75)/b49-38-. The van der Waals surface area contributed by atoms with Crippen LogP contribution < -0.4 is 20.4 Å². The van der Waals surface area contributed by atoms with Crippen molar-refractivity contribution >= 4 is 77.7 Å². The predicted molar refractivity (Wildman–Crippen MR) is 335 cm³/mol. The number of thiophene rings is 2. The van der Waals surface area contributed by atoms with Crippen molar-refractivity contribution in [2.45, 2.75) is 208 Å². The Morgan fingerprint density at radius 3 is 1.94 bits per heavy atom. The lowest BCUT2D eigenvalue weighted by Gasteiger charge is -2.35. The van der Waals surface area contributed by atoms with Crippen LogP contribution >= 0.6 is 30.3 Å². The number of hydrogen-bond donors (Lipinski definition) is 2. The van der Waals surface area contributed by atoms with Crippen molar-refractivity contribution < 1.29 is 28.8 Å². The summed E-state index contributed by atoms with van der Waals surface area (Å²) in [7, 11) is -7.26. The number of hydrogen-bond acceptors (Lipinski definition) is 7. The number of Topliss-reactive ketones (excluding diaryl/α,β-unsaturated/α-hetero) is 1. The van der Waals surface area contributed by atoms with Crippen molar-refractivity contribution in [2.75, 3.05) is 18.0 Å². The molecule has 2 unspecified atom stereocenters. The fourth-order valence-corrected chi connectivity index (χ4v) is 24.5. The van der Waals surface area contributed by atoms with E-state index < -0.39 is 26.4 Å². The quantitative estimate of drug-likeness (QED) is 0.0138. The molecule has 0 radical (unpaired) electrons. The molecule has 424 valence electrons. The lowest BCUT2D eigenvalue weighted by atomic mass is 9.77. The van der Waals surface area contributed by atoms with E-state index in [0.29, 0.717) is 11.8 Å². The first-order chi connectivity index (χ1) is 37.8. The Labute approximate surface area is 483 Å². The Morgan fingerprint density at radius 1 is 0.759 bits per heavy atom. The zero-order chi connectivity index (χ0) is 56.9. The highest BCUT2D eigenvalue weighted by atomic mass is 32.1. The molecule has 79 heavy (non-hydrogen) atoms. The average Bonchev–Trinajstić information content (AvgIpc) is 4.42. The number of fused-ring (bicyclic) bond motifs is 5. The van der Waals surface area contributed by atoms with E-state index in [1.54, 1.807) is 11.3 Å². The van der Waals surface area contributed by atoms with Gasteiger partial charge in [0.1, 0.15) is 26.0 Å². The molecule has 5 heterocycles. The molecular weight excluding hydrogens is 1050 g/mol.